The highest BCUT2D eigenvalue weighted by Crippen LogP contribution is 2.41. The van der Waals surface area contributed by atoms with Crippen molar-refractivity contribution in [1.29, 1.82) is 0 Å². The highest BCUT2D eigenvalue weighted by Gasteiger charge is 2.45. The lowest BCUT2D eigenvalue weighted by Gasteiger charge is -2.50. The number of ketones is 1. The van der Waals surface area contributed by atoms with Crippen LogP contribution in [0.4, 0.5) is 0 Å². The van der Waals surface area contributed by atoms with Gasteiger partial charge >= 0.3 is 0 Å². The normalized spacial score (nSPS) is 18.3. The third-order valence-electron chi connectivity index (χ3n) is 7.09. The third kappa shape index (κ3) is 4.44. The highest BCUT2D eigenvalue weighted by molar-refractivity contribution is 5.95. The zero-order chi connectivity index (χ0) is 24.0. The van der Waals surface area contributed by atoms with Crippen molar-refractivity contribution in [3.63, 3.8) is 0 Å². The second-order valence-electron chi connectivity index (χ2n) is 10.1. The van der Waals surface area contributed by atoms with Gasteiger partial charge in [0.25, 0.3) is 5.91 Å². The maximum Gasteiger partial charge on any atom is 0.253 e. The van der Waals surface area contributed by atoms with Gasteiger partial charge in [-0.2, -0.15) is 0 Å². The molecule has 2 aromatic rings. The van der Waals surface area contributed by atoms with Gasteiger partial charge in [-0.25, -0.2) is 0 Å². The first-order chi connectivity index (χ1) is 15.5. The number of rotatable bonds is 5. The van der Waals surface area contributed by atoms with Crippen molar-refractivity contribution in [1.82, 2.24) is 14.4 Å². The number of carbonyl (C=O) groups is 2. The van der Waals surface area contributed by atoms with Crippen LogP contribution in [0, 0.1) is 6.92 Å². The van der Waals surface area contributed by atoms with E-state index in [1.807, 2.05) is 30.0 Å². The van der Waals surface area contributed by atoms with Gasteiger partial charge in [0.2, 0.25) is 0 Å². The van der Waals surface area contributed by atoms with E-state index in [0.717, 1.165) is 37.2 Å². The molecule has 0 atom stereocenters. The van der Waals surface area contributed by atoms with E-state index < -0.39 is 5.60 Å². The van der Waals surface area contributed by atoms with Gasteiger partial charge in [0.05, 0.1) is 16.8 Å². The summed E-state index contributed by atoms with van der Waals surface area (Å²) < 4.78 is 7.89. The van der Waals surface area contributed by atoms with Crippen LogP contribution in [0.1, 0.15) is 65.7 Å². The summed E-state index contributed by atoms with van der Waals surface area (Å²) >= 11 is 0. The van der Waals surface area contributed by atoms with Gasteiger partial charge < -0.3 is 19.3 Å². The molecular weight excluding hydrogens is 418 g/mol. The van der Waals surface area contributed by atoms with Crippen molar-refractivity contribution < 1.29 is 19.4 Å². The van der Waals surface area contributed by atoms with Crippen molar-refractivity contribution in [2.75, 3.05) is 33.3 Å². The zero-order valence-corrected chi connectivity index (χ0v) is 20.4. The van der Waals surface area contributed by atoms with Crippen molar-refractivity contribution in [2.24, 2.45) is 0 Å². The Hall–Kier alpha value is -2.64. The van der Waals surface area contributed by atoms with Crippen LogP contribution in [0.5, 0.6) is 5.75 Å². The molecule has 0 unspecified atom stereocenters. The maximum absolute atomic E-state index is 13.3. The number of Topliss-reactive ketones (excluding diaryl/α,β-unsaturated/α-hetero) is 1. The molecule has 4 rings (SSSR count). The molecule has 1 spiro atoms. The standard InChI is InChI=1S/C26H35N3O4/c1-18-16-20(6-8-22(18)33-17-25(3,4)32)24(31)28-12-10-26(11-13-28)23-9-7-21(19(2)30)29(23)15-14-27(26)5/h6-9,16,32H,10-15,17H2,1-5H3. The number of ether oxygens (including phenoxy) is 1. The summed E-state index contributed by atoms with van der Waals surface area (Å²) in [4.78, 5) is 29.6. The molecule has 2 aliphatic heterocycles. The lowest BCUT2D eigenvalue weighted by atomic mass is 9.81. The molecule has 7 nitrogen and oxygen atoms in total. The largest absolute Gasteiger partial charge is 0.490 e. The van der Waals surface area contributed by atoms with Crippen molar-refractivity contribution in [3.8, 4) is 5.75 Å². The Labute approximate surface area is 195 Å². The van der Waals surface area contributed by atoms with Crippen LogP contribution in [0.15, 0.2) is 30.3 Å². The summed E-state index contributed by atoms with van der Waals surface area (Å²) in [5, 5.41) is 9.89. The van der Waals surface area contributed by atoms with Gasteiger partial charge in [-0.3, -0.25) is 14.5 Å². The number of likely N-dealkylation sites (tertiary alicyclic amines) is 1. The minimum atomic E-state index is -0.915. The number of likely N-dealkylation sites (N-methyl/N-ethyl adjacent to an activating group) is 1. The molecule has 0 saturated carbocycles. The van der Waals surface area contributed by atoms with Crippen LogP contribution in [0.2, 0.25) is 0 Å². The van der Waals surface area contributed by atoms with Gasteiger partial charge in [0.15, 0.2) is 5.78 Å². The number of hydrogen-bond acceptors (Lipinski definition) is 5. The Morgan fingerprint density at radius 2 is 1.79 bits per heavy atom. The molecule has 178 valence electrons. The fourth-order valence-electron chi connectivity index (χ4n) is 5.18. The van der Waals surface area contributed by atoms with Crippen LogP contribution in [0.3, 0.4) is 0 Å². The van der Waals surface area contributed by atoms with Crippen LogP contribution < -0.4 is 4.74 Å². The zero-order valence-electron chi connectivity index (χ0n) is 20.4. The Morgan fingerprint density at radius 3 is 2.39 bits per heavy atom. The summed E-state index contributed by atoms with van der Waals surface area (Å²) in [6, 6.07) is 9.52. The summed E-state index contributed by atoms with van der Waals surface area (Å²) in [6.07, 6.45) is 1.67. The number of piperidine rings is 1. The number of fused-ring (bicyclic) bond motifs is 2. The van der Waals surface area contributed by atoms with E-state index in [1.54, 1.807) is 26.8 Å². The van der Waals surface area contributed by atoms with Crippen LogP contribution in [0.25, 0.3) is 0 Å². The number of carbonyl (C=O) groups excluding carboxylic acids is 2. The Kier molecular flexibility index (Phi) is 6.14. The highest BCUT2D eigenvalue weighted by atomic mass is 16.5. The number of nitrogens with zero attached hydrogens (tertiary/aromatic N) is 3. The second kappa shape index (κ2) is 8.61. The van der Waals surface area contributed by atoms with Gasteiger partial charge in [0.1, 0.15) is 12.4 Å². The Morgan fingerprint density at radius 1 is 1.09 bits per heavy atom. The molecule has 1 aromatic heterocycles. The van der Waals surface area contributed by atoms with Crippen molar-refractivity contribution in [3.05, 3.63) is 52.8 Å². The first-order valence-electron chi connectivity index (χ1n) is 11.7. The van der Waals surface area contributed by atoms with Gasteiger partial charge in [-0.05, 0) is 76.6 Å². The topological polar surface area (TPSA) is 75.0 Å². The van der Waals surface area contributed by atoms with E-state index in [0.29, 0.717) is 24.4 Å². The molecule has 0 aliphatic carbocycles. The fourth-order valence-corrected chi connectivity index (χ4v) is 5.18. The SMILES string of the molecule is CC(=O)c1ccc2n1CCN(C)C21CCN(C(=O)c2ccc(OCC(C)(C)O)c(C)c2)CC1. The van der Waals surface area contributed by atoms with Crippen LogP contribution in [-0.4, -0.2) is 70.1 Å². The van der Waals surface area contributed by atoms with E-state index >= 15 is 0 Å². The Balaban J connectivity index is 1.48. The number of aliphatic hydroxyl groups is 1. The van der Waals surface area contributed by atoms with Gasteiger partial charge in [-0.1, -0.05) is 0 Å². The number of amides is 1. The second-order valence-corrected chi connectivity index (χ2v) is 10.1. The predicted molar refractivity (Wildman–Crippen MR) is 127 cm³/mol. The lowest BCUT2D eigenvalue weighted by Crippen LogP contribution is -2.56. The molecule has 1 aromatic carbocycles. The number of hydrogen-bond donors (Lipinski definition) is 1. The summed E-state index contributed by atoms with van der Waals surface area (Å²) in [5.41, 5.74) is 2.43. The summed E-state index contributed by atoms with van der Waals surface area (Å²) in [5.74, 6) is 0.802. The third-order valence-corrected chi connectivity index (χ3v) is 7.09. The maximum atomic E-state index is 13.3. The van der Waals surface area contributed by atoms with Crippen LogP contribution in [-0.2, 0) is 12.1 Å². The molecule has 0 bridgehead atoms. The van der Waals surface area contributed by atoms with E-state index in [4.69, 9.17) is 4.74 Å². The van der Waals surface area contributed by atoms with E-state index in [9.17, 15) is 14.7 Å². The number of benzene rings is 1. The molecule has 1 amide bonds. The molecule has 7 heteroatoms. The summed E-state index contributed by atoms with van der Waals surface area (Å²) in [7, 11) is 2.15. The fraction of sp³-hybridized carbons (Fsp3) is 0.538. The molecule has 1 saturated heterocycles. The minimum Gasteiger partial charge on any atom is -0.490 e. The predicted octanol–water partition coefficient (Wildman–Crippen LogP) is 3.23. The molecule has 0 radical (unpaired) electrons. The molecule has 3 heterocycles. The minimum absolute atomic E-state index is 0.0280. The molecular formula is C26H35N3O4. The first-order valence-corrected chi connectivity index (χ1v) is 11.7. The first kappa shape index (κ1) is 23.5. The summed E-state index contributed by atoms with van der Waals surface area (Å²) in [6.45, 7) is 10.2. The van der Waals surface area contributed by atoms with Crippen molar-refractivity contribution in [2.45, 2.75) is 58.2 Å². The Bertz CT molecular complexity index is 1060. The number of aromatic nitrogens is 1. The average Bonchev–Trinajstić information content (AvgIpc) is 3.20. The van der Waals surface area contributed by atoms with E-state index in [1.165, 1.54) is 5.69 Å². The molecule has 2 aliphatic rings. The monoisotopic (exact) mass is 453 g/mol. The number of aryl methyl sites for hydroxylation is 1. The molecule has 1 fully saturated rings. The molecule has 1 N–H and O–H groups in total. The van der Waals surface area contributed by atoms with Gasteiger partial charge in [-0.15, -0.1) is 0 Å². The smallest absolute Gasteiger partial charge is 0.253 e. The van der Waals surface area contributed by atoms with E-state index in [2.05, 4.69) is 22.6 Å². The van der Waals surface area contributed by atoms with Crippen molar-refractivity contribution >= 4 is 11.7 Å². The van der Waals surface area contributed by atoms with Gasteiger partial charge in [0, 0.05) is 44.4 Å². The average molecular weight is 454 g/mol. The van der Waals surface area contributed by atoms with Crippen LogP contribution >= 0.6 is 0 Å². The quantitative estimate of drug-likeness (QED) is 0.704. The molecule has 33 heavy (non-hydrogen) atoms. The van der Waals surface area contributed by atoms with E-state index in [-0.39, 0.29) is 23.8 Å². The lowest BCUT2D eigenvalue weighted by molar-refractivity contribution is 0.0127.